The second-order valence-corrected chi connectivity index (χ2v) is 9.92. The maximum absolute atomic E-state index is 12.6. The molecule has 4 nitrogen and oxygen atoms in total. The molecule has 0 aromatic rings. The molecule has 1 amide bonds. The average molecular weight is 297 g/mol. The molecule has 4 rings (SSSR count). The van der Waals surface area contributed by atoms with Crippen molar-refractivity contribution in [2.24, 2.45) is 28.6 Å². The van der Waals surface area contributed by atoms with E-state index < -0.39 is 10.0 Å². The highest BCUT2D eigenvalue weighted by atomic mass is 32.2. The van der Waals surface area contributed by atoms with Crippen LogP contribution in [0.15, 0.2) is 0 Å². The summed E-state index contributed by atoms with van der Waals surface area (Å²) in [4.78, 5) is 12.6. The summed E-state index contributed by atoms with van der Waals surface area (Å²) in [7, 11) is -3.41. The van der Waals surface area contributed by atoms with Crippen LogP contribution in [0.2, 0.25) is 0 Å². The summed E-state index contributed by atoms with van der Waals surface area (Å²) in [6.07, 6.45) is 3.84. The van der Waals surface area contributed by atoms with Crippen molar-refractivity contribution in [2.45, 2.75) is 52.5 Å². The van der Waals surface area contributed by atoms with E-state index in [1.165, 1.54) is 4.31 Å². The lowest BCUT2D eigenvalue weighted by Gasteiger charge is -2.37. The topological polar surface area (TPSA) is 54.5 Å². The van der Waals surface area contributed by atoms with Crippen LogP contribution >= 0.6 is 0 Å². The molecule has 3 aliphatic carbocycles. The maximum Gasteiger partial charge on any atom is 0.239 e. The summed E-state index contributed by atoms with van der Waals surface area (Å²) in [6, 6.07) is -0.0541. The Labute approximate surface area is 121 Å². The summed E-state index contributed by atoms with van der Waals surface area (Å²) < 4.78 is 26.6. The fourth-order valence-electron chi connectivity index (χ4n) is 5.41. The van der Waals surface area contributed by atoms with Crippen molar-refractivity contribution < 1.29 is 13.2 Å². The molecule has 0 unspecified atom stereocenters. The van der Waals surface area contributed by atoms with E-state index in [1.54, 1.807) is 0 Å². The van der Waals surface area contributed by atoms with Gasteiger partial charge in [-0.2, -0.15) is 0 Å². The van der Waals surface area contributed by atoms with E-state index in [4.69, 9.17) is 0 Å². The van der Waals surface area contributed by atoms with Crippen LogP contribution in [0.4, 0.5) is 0 Å². The molecule has 1 aliphatic heterocycles. The van der Waals surface area contributed by atoms with Crippen LogP contribution in [0.1, 0.15) is 46.5 Å². The van der Waals surface area contributed by atoms with Gasteiger partial charge in [0.15, 0.2) is 0 Å². The van der Waals surface area contributed by atoms with E-state index in [9.17, 15) is 13.2 Å². The van der Waals surface area contributed by atoms with Crippen molar-refractivity contribution in [1.29, 1.82) is 0 Å². The third-order valence-corrected chi connectivity index (χ3v) is 8.97. The van der Waals surface area contributed by atoms with Gasteiger partial charge in [-0.05, 0) is 42.9 Å². The minimum Gasteiger partial charge on any atom is -0.273 e. The normalized spacial score (nSPS) is 50.2. The second-order valence-electron chi connectivity index (χ2n) is 8.07. The zero-order valence-corrected chi connectivity index (χ0v) is 13.2. The summed E-state index contributed by atoms with van der Waals surface area (Å²) >= 11 is 0. The molecule has 5 atom stereocenters. The van der Waals surface area contributed by atoms with Gasteiger partial charge in [-0.15, -0.1) is 0 Å². The van der Waals surface area contributed by atoms with Crippen LogP contribution in [-0.2, 0) is 14.8 Å². The summed E-state index contributed by atoms with van der Waals surface area (Å²) in [6.45, 7) is 6.47. The highest BCUT2D eigenvalue weighted by molar-refractivity contribution is 7.90. The Morgan fingerprint density at radius 1 is 1.25 bits per heavy atom. The first kappa shape index (κ1) is 13.1. The first-order chi connectivity index (χ1) is 9.21. The molecular weight excluding hydrogens is 274 g/mol. The zero-order valence-electron chi connectivity index (χ0n) is 12.4. The molecule has 0 N–H and O–H groups in total. The third kappa shape index (κ3) is 1.29. The Hall–Kier alpha value is -0.580. The van der Waals surface area contributed by atoms with E-state index in [0.717, 1.165) is 25.7 Å². The molecule has 3 saturated carbocycles. The fourth-order valence-corrected chi connectivity index (χ4v) is 7.99. The van der Waals surface area contributed by atoms with Gasteiger partial charge in [-0.25, -0.2) is 12.7 Å². The van der Waals surface area contributed by atoms with Crippen molar-refractivity contribution in [2.75, 3.05) is 5.75 Å². The number of hydrogen-bond acceptors (Lipinski definition) is 3. The Balaban J connectivity index is 1.77. The van der Waals surface area contributed by atoms with Crippen LogP contribution < -0.4 is 0 Å². The van der Waals surface area contributed by atoms with Crippen LogP contribution in [0, 0.1) is 28.6 Å². The number of carbonyl (C=O) groups is 1. The molecule has 4 aliphatic rings. The molecule has 2 bridgehead atoms. The first-order valence-corrected chi connectivity index (χ1v) is 9.37. The number of hydrogen-bond donors (Lipinski definition) is 0. The molecule has 20 heavy (non-hydrogen) atoms. The van der Waals surface area contributed by atoms with Gasteiger partial charge in [0.25, 0.3) is 0 Å². The number of rotatable bonds is 1. The second kappa shape index (κ2) is 3.42. The Morgan fingerprint density at radius 3 is 2.45 bits per heavy atom. The lowest BCUT2D eigenvalue weighted by atomic mass is 9.69. The SMILES string of the molecule is C[C@H]1C[C@H]1C(=O)N1[C@@H]2C[C@H]3CC[C@@]2(CS1(=O)=O)C3(C)C. The predicted molar refractivity (Wildman–Crippen MR) is 75.2 cm³/mol. The van der Waals surface area contributed by atoms with Gasteiger partial charge in [0.2, 0.25) is 15.9 Å². The van der Waals surface area contributed by atoms with Crippen molar-refractivity contribution in [1.82, 2.24) is 4.31 Å². The maximum atomic E-state index is 12.6. The van der Waals surface area contributed by atoms with Crippen molar-refractivity contribution in [3.63, 3.8) is 0 Å². The summed E-state index contributed by atoms with van der Waals surface area (Å²) in [5.74, 6) is 0.988. The molecule has 1 spiro atoms. The van der Waals surface area contributed by atoms with Crippen LogP contribution in [-0.4, -0.2) is 30.4 Å². The molecular formula is C15H23NO3S. The number of fused-ring (bicyclic) bond motifs is 1. The molecule has 0 aromatic carbocycles. The number of sulfonamides is 1. The highest BCUT2D eigenvalue weighted by Crippen LogP contribution is 2.70. The van der Waals surface area contributed by atoms with Crippen molar-refractivity contribution in [3.05, 3.63) is 0 Å². The highest BCUT2D eigenvalue weighted by Gasteiger charge is 2.72. The predicted octanol–water partition coefficient (Wildman–Crippen LogP) is 2.01. The van der Waals surface area contributed by atoms with Crippen LogP contribution in [0.25, 0.3) is 0 Å². The van der Waals surface area contributed by atoms with Crippen LogP contribution in [0.5, 0.6) is 0 Å². The monoisotopic (exact) mass is 297 g/mol. The van der Waals surface area contributed by atoms with E-state index in [0.29, 0.717) is 11.8 Å². The van der Waals surface area contributed by atoms with Gasteiger partial charge < -0.3 is 0 Å². The van der Waals surface area contributed by atoms with E-state index in [2.05, 4.69) is 13.8 Å². The first-order valence-electron chi connectivity index (χ1n) is 7.77. The zero-order chi connectivity index (χ0) is 14.5. The molecule has 0 radical (unpaired) electrons. The fraction of sp³-hybridized carbons (Fsp3) is 0.933. The Bertz CT molecular complexity index is 596. The number of carbonyl (C=O) groups excluding carboxylic acids is 1. The van der Waals surface area contributed by atoms with Gasteiger partial charge >= 0.3 is 0 Å². The van der Waals surface area contributed by atoms with Crippen LogP contribution in [0.3, 0.4) is 0 Å². The van der Waals surface area contributed by atoms with Gasteiger partial charge in [0, 0.05) is 11.3 Å². The van der Waals surface area contributed by atoms with Gasteiger partial charge in [-0.1, -0.05) is 20.8 Å². The third-order valence-electron chi connectivity index (χ3n) is 7.06. The minimum absolute atomic E-state index is 0.0397. The molecule has 1 heterocycles. The summed E-state index contributed by atoms with van der Waals surface area (Å²) in [5, 5.41) is 0. The van der Waals surface area contributed by atoms with Gasteiger partial charge in [0.1, 0.15) is 0 Å². The molecule has 5 heteroatoms. The number of nitrogens with zero attached hydrogens (tertiary/aromatic N) is 1. The Kier molecular flexibility index (Phi) is 2.24. The van der Waals surface area contributed by atoms with Gasteiger partial charge in [-0.3, -0.25) is 4.79 Å². The van der Waals surface area contributed by atoms with Crippen molar-refractivity contribution in [3.8, 4) is 0 Å². The minimum atomic E-state index is -3.41. The Morgan fingerprint density at radius 2 is 1.90 bits per heavy atom. The molecule has 4 fully saturated rings. The van der Waals surface area contributed by atoms with Crippen molar-refractivity contribution >= 4 is 15.9 Å². The molecule has 1 saturated heterocycles. The van der Waals surface area contributed by atoms with Gasteiger partial charge in [0.05, 0.1) is 11.8 Å². The lowest BCUT2D eigenvalue weighted by molar-refractivity contribution is -0.130. The molecule has 0 aromatic heterocycles. The molecule has 112 valence electrons. The largest absolute Gasteiger partial charge is 0.273 e. The van der Waals surface area contributed by atoms with E-state index in [1.807, 2.05) is 6.92 Å². The van der Waals surface area contributed by atoms with E-state index >= 15 is 0 Å². The quantitative estimate of drug-likeness (QED) is 0.744. The smallest absolute Gasteiger partial charge is 0.239 e. The summed E-state index contributed by atoms with van der Waals surface area (Å²) in [5.41, 5.74) is -0.126. The standard InChI is InChI=1S/C15H23NO3S/c1-9-6-11(9)13(17)16-12-7-10-4-5-15(12,14(10,2)3)8-20(16,18)19/h9-12H,4-8H2,1-3H3/t9-,10+,11+,12+,15-/m0/s1. The average Bonchev–Trinajstić information content (AvgIpc) is 2.88. The lowest BCUT2D eigenvalue weighted by Crippen LogP contribution is -2.44. The number of amides is 1. The van der Waals surface area contributed by atoms with E-state index in [-0.39, 0.29) is 34.4 Å².